The van der Waals surface area contributed by atoms with Gasteiger partial charge in [-0.15, -0.1) is 0 Å². The van der Waals surface area contributed by atoms with Gasteiger partial charge in [0.25, 0.3) is 0 Å². The molecule has 0 radical (unpaired) electrons. The van der Waals surface area contributed by atoms with Crippen molar-refractivity contribution in [2.75, 3.05) is 33.2 Å². The van der Waals surface area contributed by atoms with Gasteiger partial charge in [0.2, 0.25) is 0 Å². The summed E-state index contributed by atoms with van der Waals surface area (Å²) in [6.07, 6.45) is 5.22. The summed E-state index contributed by atoms with van der Waals surface area (Å²) in [6.45, 7) is 9.64. The molecule has 0 spiro atoms. The Morgan fingerprint density at radius 3 is 2.43 bits per heavy atom. The second-order valence-corrected chi connectivity index (χ2v) is 7.10. The third-order valence-corrected chi connectivity index (χ3v) is 5.14. The van der Waals surface area contributed by atoms with Crippen LogP contribution in [0.2, 0.25) is 0 Å². The van der Waals surface area contributed by atoms with E-state index in [1.807, 2.05) is 0 Å². The fraction of sp³-hybridized carbons (Fsp3) is 0.684. The first-order chi connectivity index (χ1) is 10.1. The van der Waals surface area contributed by atoms with Gasteiger partial charge in [0.1, 0.15) is 0 Å². The summed E-state index contributed by atoms with van der Waals surface area (Å²) in [5.41, 5.74) is 1.92. The van der Waals surface area contributed by atoms with E-state index in [1.54, 1.807) is 0 Å². The molecule has 2 nitrogen and oxygen atoms in total. The fourth-order valence-electron chi connectivity index (χ4n) is 3.56. The Hall–Kier alpha value is -0.860. The number of piperidine rings is 1. The van der Waals surface area contributed by atoms with Gasteiger partial charge < -0.3 is 10.2 Å². The number of nitrogens with one attached hydrogen (secondary N) is 1. The van der Waals surface area contributed by atoms with Crippen molar-refractivity contribution in [2.45, 2.75) is 39.5 Å². The SMILES string of the molecule is CCC(C)(CNC)CN1CCC(Cc2ccccc2)CC1. The molecule has 0 saturated carbocycles. The smallest absolute Gasteiger partial charge is 0.00474 e. The predicted octanol–water partition coefficient (Wildman–Crippen LogP) is 3.58. The number of benzene rings is 1. The molecular formula is C19H32N2. The summed E-state index contributed by atoms with van der Waals surface area (Å²) in [5.74, 6) is 0.876. The highest BCUT2D eigenvalue weighted by Gasteiger charge is 2.27. The van der Waals surface area contributed by atoms with E-state index in [2.05, 4.69) is 61.4 Å². The molecule has 0 amide bonds. The molecule has 1 saturated heterocycles. The van der Waals surface area contributed by atoms with Crippen molar-refractivity contribution in [1.29, 1.82) is 0 Å². The molecule has 1 unspecified atom stereocenters. The quantitative estimate of drug-likeness (QED) is 0.825. The zero-order chi connectivity index (χ0) is 15.1. The molecule has 2 heteroatoms. The normalized spacial score (nSPS) is 20.3. The minimum absolute atomic E-state index is 0.418. The molecule has 1 heterocycles. The van der Waals surface area contributed by atoms with Gasteiger partial charge in [-0.1, -0.05) is 44.2 Å². The number of nitrogens with zero attached hydrogens (tertiary/aromatic N) is 1. The van der Waals surface area contributed by atoms with E-state index in [0.717, 1.165) is 12.5 Å². The minimum atomic E-state index is 0.418. The van der Waals surface area contributed by atoms with E-state index >= 15 is 0 Å². The number of rotatable bonds is 7. The van der Waals surface area contributed by atoms with Crippen LogP contribution in [0.5, 0.6) is 0 Å². The van der Waals surface area contributed by atoms with Crippen LogP contribution in [-0.4, -0.2) is 38.1 Å². The summed E-state index contributed by atoms with van der Waals surface area (Å²) in [7, 11) is 2.07. The van der Waals surface area contributed by atoms with Gasteiger partial charge in [0.05, 0.1) is 0 Å². The Kier molecular flexibility index (Phi) is 6.25. The van der Waals surface area contributed by atoms with Crippen molar-refractivity contribution in [2.24, 2.45) is 11.3 Å². The highest BCUT2D eigenvalue weighted by Crippen LogP contribution is 2.26. The first-order valence-electron chi connectivity index (χ1n) is 8.56. The Morgan fingerprint density at radius 1 is 1.19 bits per heavy atom. The molecule has 0 bridgehead atoms. The maximum absolute atomic E-state index is 3.36. The first-order valence-corrected chi connectivity index (χ1v) is 8.56. The average Bonchev–Trinajstić information content (AvgIpc) is 2.51. The third-order valence-electron chi connectivity index (χ3n) is 5.14. The maximum Gasteiger partial charge on any atom is 0.00474 e. The van der Waals surface area contributed by atoms with Crippen LogP contribution in [0.15, 0.2) is 30.3 Å². The lowest BCUT2D eigenvalue weighted by Gasteiger charge is -2.39. The van der Waals surface area contributed by atoms with Crippen LogP contribution in [0.1, 0.15) is 38.7 Å². The van der Waals surface area contributed by atoms with Gasteiger partial charge in [-0.25, -0.2) is 0 Å². The highest BCUT2D eigenvalue weighted by molar-refractivity contribution is 5.15. The van der Waals surface area contributed by atoms with E-state index in [0.29, 0.717) is 5.41 Å². The van der Waals surface area contributed by atoms with Crippen molar-refractivity contribution in [3.05, 3.63) is 35.9 Å². The summed E-state index contributed by atoms with van der Waals surface area (Å²) in [6, 6.07) is 11.0. The first kappa shape index (κ1) is 16.5. The van der Waals surface area contributed by atoms with Crippen molar-refractivity contribution >= 4 is 0 Å². The Bertz CT molecular complexity index is 395. The van der Waals surface area contributed by atoms with Gasteiger partial charge >= 0.3 is 0 Å². The van der Waals surface area contributed by atoms with E-state index in [-0.39, 0.29) is 0 Å². The Morgan fingerprint density at radius 2 is 1.86 bits per heavy atom. The predicted molar refractivity (Wildman–Crippen MR) is 91.6 cm³/mol. The number of hydrogen-bond donors (Lipinski definition) is 1. The van der Waals surface area contributed by atoms with E-state index in [4.69, 9.17) is 0 Å². The standard InChI is InChI=1S/C19H32N2/c1-4-19(2,15-20-3)16-21-12-10-18(11-13-21)14-17-8-6-5-7-9-17/h5-9,18,20H,4,10-16H2,1-3H3. The van der Waals surface area contributed by atoms with Crippen LogP contribution in [0.4, 0.5) is 0 Å². The van der Waals surface area contributed by atoms with Crippen molar-refractivity contribution in [1.82, 2.24) is 10.2 Å². The molecule has 1 aliphatic heterocycles. The zero-order valence-corrected chi connectivity index (χ0v) is 14.1. The highest BCUT2D eigenvalue weighted by atomic mass is 15.1. The van der Waals surface area contributed by atoms with Crippen LogP contribution in [0, 0.1) is 11.3 Å². The molecule has 1 aliphatic rings. The van der Waals surface area contributed by atoms with Gasteiger partial charge in [0.15, 0.2) is 0 Å². The second-order valence-electron chi connectivity index (χ2n) is 7.10. The summed E-state index contributed by atoms with van der Waals surface area (Å²) in [5, 5.41) is 3.36. The fourth-order valence-corrected chi connectivity index (χ4v) is 3.56. The van der Waals surface area contributed by atoms with E-state index < -0.39 is 0 Å². The minimum Gasteiger partial charge on any atom is -0.319 e. The van der Waals surface area contributed by atoms with Crippen molar-refractivity contribution < 1.29 is 0 Å². The van der Waals surface area contributed by atoms with E-state index in [1.165, 1.54) is 50.9 Å². The molecule has 0 aromatic heterocycles. The summed E-state index contributed by atoms with van der Waals surface area (Å²) >= 11 is 0. The largest absolute Gasteiger partial charge is 0.319 e. The molecule has 0 aliphatic carbocycles. The molecule has 21 heavy (non-hydrogen) atoms. The molecule has 2 rings (SSSR count). The van der Waals surface area contributed by atoms with Gasteiger partial charge in [0, 0.05) is 13.1 Å². The van der Waals surface area contributed by atoms with Crippen LogP contribution >= 0.6 is 0 Å². The van der Waals surface area contributed by atoms with Crippen molar-refractivity contribution in [3.63, 3.8) is 0 Å². The van der Waals surface area contributed by atoms with Gasteiger partial charge in [-0.05, 0) is 62.7 Å². The summed E-state index contributed by atoms with van der Waals surface area (Å²) in [4.78, 5) is 2.68. The van der Waals surface area contributed by atoms with Crippen LogP contribution in [0.25, 0.3) is 0 Å². The van der Waals surface area contributed by atoms with Gasteiger partial charge in [-0.2, -0.15) is 0 Å². The number of likely N-dealkylation sites (tertiary alicyclic amines) is 1. The monoisotopic (exact) mass is 288 g/mol. The molecule has 118 valence electrons. The lowest BCUT2D eigenvalue weighted by molar-refractivity contribution is 0.116. The molecule has 1 N–H and O–H groups in total. The Labute approximate surface area is 130 Å². The van der Waals surface area contributed by atoms with E-state index in [9.17, 15) is 0 Å². The molecule has 1 aromatic rings. The van der Waals surface area contributed by atoms with Crippen LogP contribution < -0.4 is 5.32 Å². The summed E-state index contributed by atoms with van der Waals surface area (Å²) < 4.78 is 0. The molecule has 1 atom stereocenters. The van der Waals surface area contributed by atoms with Crippen LogP contribution in [0.3, 0.4) is 0 Å². The lowest BCUT2D eigenvalue weighted by Crippen LogP contribution is -2.44. The Balaban J connectivity index is 1.78. The number of hydrogen-bond acceptors (Lipinski definition) is 2. The average molecular weight is 288 g/mol. The van der Waals surface area contributed by atoms with Crippen molar-refractivity contribution in [3.8, 4) is 0 Å². The second kappa shape index (κ2) is 7.95. The topological polar surface area (TPSA) is 15.3 Å². The van der Waals surface area contributed by atoms with Crippen LogP contribution in [-0.2, 0) is 6.42 Å². The zero-order valence-electron chi connectivity index (χ0n) is 14.1. The molecule has 1 fully saturated rings. The molecular weight excluding hydrogens is 256 g/mol. The molecule has 1 aromatic carbocycles. The maximum atomic E-state index is 3.36. The third kappa shape index (κ3) is 5.12. The lowest BCUT2D eigenvalue weighted by atomic mass is 9.84. The van der Waals surface area contributed by atoms with Gasteiger partial charge in [-0.3, -0.25) is 0 Å².